The number of hydrogen-bond donors (Lipinski definition) is 1. The third-order valence-electron chi connectivity index (χ3n) is 2.46. The molecule has 0 aliphatic rings. The third-order valence-corrected chi connectivity index (χ3v) is 2.69. The number of methoxy groups -OCH3 is 1. The molecule has 0 saturated heterocycles. The van der Waals surface area contributed by atoms with Crippen molar-refractivity contribution < 1.29 is 4.74 Å². The molecule has 2 nitrogen and oxygen atoms in total. The van der Waals surface area contributed by atoms with E-state index in [1.807, 2.05) is 18.2 Å². The average Bonchev–Trinajstić information content (AvgIpc) is 2.24. The Morgan fingerprint density at radius 3 is 2.75 bits per heavy atom. The molecule has 0 fully saturated rings. The quantitative estimate of drug-likeness (QED) is 0.770. The molecule has 0 unspecified atom stereocenters. The van der Waals surface area contributed by atoms with E-state index in [1.165, 1.54) is 6.42 Å². The smallest absolute Gasteiger partial charge is 0.123 e. The van der Waals surface area contributed by atoms with Crippen LogP contribution in [0, 0.1) is 5.92 Å². The van der Waals surface area contributed by atoms with Gasteiger partial charge in [-0.15, -0.1) is 0 Å². The maximum atomic E-state index is 5.95. The number of halogens is 1. The SMILES string of the molecule is COc1ccc(Cl)cc1CNCCC(C)C. The molecule has 16 heavy (non-hydrogen) atoms. The second kappa shape index (κ2) is 6.77. The average molecular weight is 242 g/mol. The van der Waals surface area contributed by atoms with Gasteiger partial charge in [-0.3, -0.25) is 0 Å². The molecule has 0 bridgehead atoms. The summed E-state index contributed by atoms with van der Waals surface area (Å²) in [5, 5.41) is 4.15. The summed E-state index contributed by atoms with van der Waals surface area (Å²) in [6.45, 7) is 6.27. The van der Waals surface area contributed by atoms with Crippen LogP contribution in [0.2, 0.25) is 5.02 Å². The highest BCUT2D eigenvalue weighted by Crippen LogP contribution is 2.22. The van der Waals surface area contributed by atoms with Crippen LogP contribution in [0.5, 0.6) is 5.75 Å². The normalized spacial score (nSPS) is 10.8. The summed E-state index contributed by atoms with van der Waals surface area (Å²) in [5.74, 6) is 1.62. The fraction of sp³-hybridized carbons (Fsp3) is 0.538. The van der Waals surface area contributed by atoms with Crippen LogP contribution in [0.4, 0.5) is 0 Å². The van der Waals surface area contributed by atoms with Gasteiger partial charge in [-0.25, -0.2) is 0 Å². The first kappa shape index (κ1) is 13.3. The molecular formula is C13H20ClNO. The van der Waals surface area contributed by atoms with Gasteiger partial charge in [-0.05, 0) is 37.1 Å². The summed E-state index contributed by atoms with van der Waals surface area (Å²) in [6, 6.07) is 5.70. The van der Waals surface area contributed by atoms with Crippen molar-refractivity contribution in [1.29, 1.82) is 0 Å². The molecule has 90 valence electrons. The molecular weight excluding hydrogens is 222 g/mol. The van der Waals surface area contributed by atoms with Gasteiger partial charge in [0, 0.05) is 17.1 Å². The Morgan fingerprint density at radius 1 is 1.38 bits per heavy atom. The van der Waals surface area contributed by atoms with Crippen molar-refractivity contribution >= 4 is 11.6 Å². The first-order chi connectivity index (χ1) is 7.63. The standard InChI is InChI=1S/C13H20ClNO/c1-10(2)6-7-15-9-11-8-12(14)4-5-13(11)16-3/h4-5,8,10,15H,6-7,9H2,1-3H3. The highest BCUT2D eigenvalue weighted by atomic mass is 35.5. The van der Waals surface area contributed by atoms with Crippen molar-refractivity contribution in [2.45, 2.75) is 26.8 Å². The van der Waals surface area contributed by atoms with Gasteiger partial charge in [0.05, 0.1) is 7.11 Å². The fourth-order valence-corrected chi connectivity index (χ4v) is 1.69. The van der Waals surface area contributed by atoms with E-state index in [0.29, 0.717) is 0 Å². The second-order valence-electron chi connectivity index (χ2n) is 4.32. The zero-order chi connectivity index (χ0) is 12.0. The lowest BCUT2D eigenvalue weighted by atomic mass is 10.1. The number of rotatable bonds is 6. The van der Waals surface area contributed by atoms with E-state index in [2.05, 4.69) is 19.2 Å². The van der Waals surface area contributed by atoms with Gasteiger partial charge in [0.25, 0.3) is 0 Å². The van der Waals surface area contributed by atoms with Crippen molar-refractivity contribution in [1.82, 2.24) is 5.32 Å². The van der Waals surface area contributed by atoms with Gasteiger partial charge >= 0.3 is 0 Å². The Labute approximate surface area is 103 Å². The summed E-state index contributed by atoms with van der Waals surface area (Å²) >= 11 is 5.95. The van der Waals surface area contributed by atoms with Gasteiger partial charge in [0.2, 0.25) is 0 Å². The Balaban J connectivity index is 2.48. The van der Waals surface area contributed by atoms with Gasteiger partial charge in [0.15, 0.2) is 0 Å². The van der Waals surface area contributed by atoms with E-state index < -0.39 is 0 Å². The molecule has 0 aliphatic heterocycles. The monoisotopic (exact) mass is 241 g/mol. The molecule has 1 N–H and O–H groups in total. The van der Waals surface area contributed by atoms with Gasteiger partial charge in [-0.1, -0.05) is 25.4 Å². The summed E-state index contributed by atoms with van der Waals surface area (Å²) < 4.78 is 5.28. The minimum absolute atomic E-state index is 0.730. The molecule has 0 aromatic heterocycles. The molecule has 0 amide bonds. The predicted molar refractivity (Wildman–Crippen MR) is 69.2 cm³/mol. The van der Waals surface area contributed by atoms with Crippen LogP contribution in [0.25, 0.3) is 0 Å². The third kappa shape index (κ3) is 4.42. The maximum absolute atomic E-state index is 5.95. The molecule has 0 spiro atoms. The van der Waals surface area contributed by atoms with Crippen molar-refractivity contribution in [3.05, 3.63) is 28.8 Å². The van der Waals surface area contributed by atoms with E-state index >= 15 is 0 Å². The summed E-state index contributed by atoms with van der Waals surface area (Å²) in [6.07, 6.45) is 1.18. The van der Waals surface area contributed by atoms with Crippen molar-refractivity contribution in [3.8, 4) is 5.75 Å². The molecule has 3 heteroatoms. The van der Waals surface area contributed by atoms with Crippen LogP contribution in [-0.4, -0.2) is 13.7 Å². The molecule has 0 radical (unpaired) electrons. The van der Waals surface area contributed by atoms with E-state index in [-0.39, 0.29) is 0 Å². The zero-order valence-corrected chi connectivity index (χ0v) is 11.0. The van der Waals surface area contributed by atoms with Crippen molar-refractivity contribution in [2.24, 2.45) is 5.92 Å². The van der Waals surface area contributed by atoms with Gasteiger partial charge in [0.1, 0.15) is 5.75 Å². The molecule has 0 saturated carbocycles. The molecule has 1 aromatic carbocycles. The Kier molecular flexibility index (Phi) is 5.64. The van der Waals surface area contributed by atoms with Crippen LogP contribution in [-0.2, 0) is 6.54 Å². The molecule has 0 atom stereocenters. The number of benzene rings is 1. The lowest BCUT2D eigenvalue weighted by Crippen LogP contribution is -2.16. The van der Waals surface area contributed by atoms with E-state index in [9.17, 15) is 0 Å². The molecule has 1 rings (SSSR count). The first-order valence-corrected chi connectivity index (χ1v) is 6.04. The highest BCUT2D eigenvalue weighted by Gasteiger charge is 2.03. The van der Waals surface area contributed by atoms with Crippen molar-refractivity contribution in [2.75, 3.05) is 13.7 Å². The topological polar surface area (TPSA) is 21.3 Å². The number of ether oxygens (including phenoxy) is 1. The molecule has 0 aliphatic carbocycles. The van der Waals surface area contributed by atoms with Gasteiger partial charge < -0.3 is 10.1 Å². The summed E-state index contributed by atoms with van der Waals surface area (Å²) in [4.78, 5) is 0. The maximum Gasteiger partial charge on any atom is 0.123 e. The minimum Gasteiger partial charge on any atom is -0.496 e. The molecule has 1 aromatic rings. The van der Waals surface area contributed by atoms with Crippen LogP contribution in [0.15, 0.2) is 18.2 Å². The Morgan fingerprint density at radius 2 is 2.12 bits per heavy atom. The van der Waals surface area contributed by atoms with Crippen LogP contribution in [0.3, 0.4) is 0 Å². The largest absolute Gasteiger partial charge is 0.496 e. The lowest BCUT2D eigenvalue weighted by molar-refractivity contribution is 0.407. The highest BCUT2D eigenvalue weighted by molar-refractivity contribution is 6.30. The Bertz CT molecular complexity index is 326. The predicted octanol–water partition coefficient (Wildman–Crippen LogP) is 3.48. The van der Waals surface area contributed by atoms with E-state index in [0.717, 1.165) is 35.3 Å². The number of nitrogens with one attached hydrogen (secondary N) is 1. The minimum atomic E-state index is 0.730. The van der Waals surface area contributed by atoms with E-state index in [1.54, 1.807) is 7.11 Å². The Hall–Kier alpha value is -0.730. The zero-order valence-electron chi connectivity index (χ0n) is 10.2. The van der Waals surface area contributed by atoms with Crippen LogP contribution < -0.4 is 10.1 Å². The lowest BCUT2D eigenvalue weighted by Gasteiger charge is -2.11. The van der Waals surface area contributed by atoms with Crippen LogP contribution >= 0.6 is 11.6 Å². The summed E-state index contributed by atoms with van der Waals surface area (Å²) in [7, 11) is 1.68. The fourth-order valence-electron chi connectivity index (χ4n) is 1.50. The van der Waals surface area contributed by atoms with Crippen LogP contribution in [0.1, 0.15) is 25.8 Å². The van der Waals surface area contributed by atoms with E-state index in [4.69, 9.17) is 16.3 Å². The number of hydrogen-bond acceptors (Lipinski definition) is 2. The van der Waals surface area contributed by atoms with Gasteiger partial charge in [-0.2, -0.15) is 0 Å². The molecule has 0 heterocycles. The van der Waals surface area contributed by atoms with Crippen molar-refractivity contribution in [3.63, 3.8) is 0 Å². The first-order valence-electron chi connectivity index (χ1n) is 5.66. The second-order valence-corrected chi connectivity index (χ2v) is 4.75. The summed E-state index contributed by atoms with van der Waals surface area (Å²) in [5.41, 5.74) is 1.11.